The highest BCUT2D eigenvalue weighted by Gasteiger charge is 2.39. The molecule has 1 amide bonds. The molecule has 0 spiro atoms. The molecule has 1 fully saturated rings. The number of hydrogen-bond acceptors (Lipinski definition) is 6. The van der Waals surface area contributed by atoms with E-state index < -0.39 is 0 Å². The fourth-order valence-corrected chi connectivity index (χ4v) is 5.74. The van der Waals surface area contributed by atoms with E-state index in [2.05, 4.69) is 24.8 Å². The van der Waals surface area contributed by atoms with Crippen molar-refractivity contribution in [2.24, 2.45) is 4.99 Å². The van der Waals surface area contributed by atoms with E-state index in [1.54, 1.807) is 18.9 Å². The molecule has 0 bridgehead atoms. The van der Waals surface area contributed by atoms with Gasteiger partial charge in [0.15, 0.2) is 5.17 Å². The van der Waals surface area contributed by atoms with Crippen LogP contribution < -0.4 is 9.64 Å². The molecule has 0 N–H and O–H groups in total. The second-order valence-electron chi connectivity index (χ2n) is 7.27. The van der Waals surface area contributed by atoms with Crippen LogP contribution in [0.2, 0.25) is 0 Å². The number of anilines is 1. The van der Waals surface area contributed by atoms with E-state index in [1.165, 1.54) is 11.8 Å². The largest absolute Gasteiger partial charge is 0.497 e. The Morgan fingerprint density at radius 2 is 1.97 bits per heavy atom. The Labute approximate surface area is 186 Å². The number of rotatable bonds is 5. The Hall–Kier alpha value is -2.38. The monoisotopic (exact) mass is 439 g/mol. The number of amidine groups is 1. The molecule has 2 aromatic carbocycles. The van der Waals surface area contributed by atoms with Gasteiger partial charge in [0.25, 0.3) is 5.91 Å². The third-order valence-corrected chi connectivity index (χ3v) is 7.49. The van der Waals surface area contributed by atoms with E-state index in [0.717, 1.165) is 55.5 Å². The lowest BCUT2D eigenvalue weighted by Crippen LogP contribution is -2.30. The van der Waals surface area contributed by atoms with Crippen LogP contribution >= 0.6 is 23.5 Å². The minimum absolute atomic E-state index is 0.0361. The summed E-state index contributed by atoms with van der Waals surface area (Å²) in [6.45, 7) is 4.86. The van der Waals surface area contributed by atoms with Crippen LogP contribution in [0.4, 0.5) is 11.4 Å². The lowest BCUT2D eigenvalue weighted by atomic mass is 10.2. The van der Waals surface area contributed by atoms with Gasteiger partial charge in [0.05, 0.1) is 23.5 Å². The lowest BCUT2D eigenvalue weighted by molar-refractivity contribution is -0.122. The molecule has 2 aliphatic rings. The van der Waals surface area contributed by atoms with Crippen LogP contribution in [0.1, 0.15) is 25.3 Å². The summed E-state index contributed by atoms with van der Waals surface area (Å²) < 4.78 is 5.37. The van der Waals surface area contributed by atoms with Crippen LogP contribution in [-0.2, 0) is 4.79 Å². The maximum Gasteiger partial charge on any atom is 0.269 e. The second kappa shape index (κ2) is 8.78. The summed E-state index contributed by atoms with van der Waals surface area (Å²) in [6.07, 6.45) is 1.97. The molecular formula is C23H25N3O2S2. The van der Waals surface area contributed by atoms with Crippen molar-refractivity contribution in [2.45, 2.75) is 31.6 Å². The molecule has 5 nitrogen and oxygen atoms in total. The number of fused-ring (bicyclic) bond motifs is 1. The first kappa shape index (κ1) is 20.9. The highest BCUT2D eigenvalue weighted by Crippen LogP contribution is 2.51. The number of aliphatic imine (C=N–C) groups is 1. The van der Waals surface area contributed by atoms with E-state index >= 15 is 0 Å². The SMILES string of the molecule is CCCCN1C(=O)C(=C2Sc3ccc(OC)cc3N2C)SC1=Nc1cccc(C)c1. The fourth-order valence-electron chi connectivity index (χ4n) is 3.39. The molecule has 1 saturated heterocycles. The maximum atomic E-state index is 13.4. The van der Waals surface area contributed by atoms with Crippen molar-refractivity contribution >= 4 is 46.0 Å². The van der Waals surface area contributed by atoms with E-state index in [1.807, 2.05) is 48.3 Å². The summed E-state index contributed by atoms with van der Waals surface area (Å²) in [5.41, 5.74) is 3.08. The van der Waals surface area contributed by atoms with Gasteiger partial charge in [-0.3, -0.25) is 9.69 Å². The standard InChI is InChI=1S/C23H25N3O2S2/c1-5-6-12-26-21(27)20(30-23(26)24-16-9-7-8-15(2)13-16)22-25(3)18-14-17(28-4)10-11-19(18)29-22/h7-11,13-14H,5-6,12H2,1-4H3. The molecule has 156 valence electrons. The molecule has 2 aliphatic heterocycles. The highest BCUT2D eigenvalue weighted by molar-refractivity contribution is 8.19. The van der Waals surface area contributed by atoms with Crippen molar-refractivity contribution in [2.75, 3.05) is 25.6 Å². The van der Waals surface area contributed by atoms with E-state index in [0.29, 0.717) is 6.54 Å². The summed E-state index contributed by atoms with van der Waals surface area (Å²) in [5, 5.41) is 1.70. The topological polar surface area (TPSA) is 45.1 Å². The van der Waals surface area contributed by atoms with Crippen LogP contribution in [0.3, 0.4) is 0 Å². The molecule has 0 aromatic heterocycles. The van der Waals surface area contributed by atoms with Crippen LogP contribution in [0, 0.1) is 6.92 Å². The first-order valence-electron chi connectivity index (χ1n) is 10.0. The van der Waals surface area contributed by atoms with E-state index in [4.69, 9.17) is 9.73 Å². The maximum absolute atomic E-state index is 13.4. The Morgan fingerprint density at radius 1 is 1.13 bits per heavy atom. The van der Waals surface area contributed by atoms with Gasteiger partial charge in [-0.1, -0.05) is 37.2 Å². The van der Waals surface area contributed by atoms with Gasteiger partial charge in [0.2, 0.25) is 0 Å². The summed E-state index contributed by atoms with van der Waals surface area (Å²) in [7, 11) is 3.67. The first-order valence-corrected chi connectivity index (χ1v) is 11.6. The number of thioether (sulfide) groups is 2. The summed E-state index contributed by atoms with van der Waals surface area (Å²) in [4.78, 5) is 24.0. The zero-order valence-electron chi connectivity index (χ0n) is 17.6. The van der Waals surface area contributed by atoms with Gasteiger partial charge in [-0.25, -0.2) is 4.99 Å². The number of ether oxygens (including phenoxy) is 1. The lowest BCUT2D eigenvalue weighted by Gasteiger charge is -2.16. The summed E-state index contributed by atoms with van der Waals surface area (Å²) in [5.74, 6) is 0.845. The molecule has 0 aliphatic carbocycles. The number of aryl methyl sites for hydroxylation is 1. The fraction of sp³-hybridized carbons (Fsp3) is 0.304. The average Bonchev–Trinajstić information content (AvgIpc) is 3.22. The van der Waals surface area contributed by atoms with Crippen LogP contribution in [0.15, 0.2) is 62.3 Å². The molecule has 4 rings (SSSR count). The van der Waals surface area contributed by atoms with Crippen molar-refractivity contribution in [1.29, 1.82) is 0 Å². The molecule has 2 heterocycles. The number of carbonyl (C=O) groups excluding carboxylic acids is 1. The normalized spacial score (nSPS) is 19.7. The number of amides is 1. The van der Waals surface area contributed by atoms with E-state index in [9.17, 15) is 4.79 Å². The van der Waals surface area contributed by atoms with Gasteiger partial charge in [-0.2, -0.15) is 0 Å². The Balaban J connectivity index is 1.71. The second-order valence-corrected chi connectivity index (χ2v) is 9.28. The third-order valence-electron chi connectivity index (χ3n) is 5.06. The number of methoxy groups -OCH3 is 1. The third kappa shape index (κ3) is 3.96. The van der Waals surface area contributed by atoms with Crippen LogP contribution in [-0.4, -0.2) is 36.7 Å². The van der Waals surface area contributed by atoms with Crippen LogP contribution in [0.25, 0.3) is 0 Å². The van der Waals surface area contributed by atoms with Crippen molar-refractivity contribution in [1.82, 2.24) is 4.90 Å². The van der Waals surface area contributed by atoms with Crippen molar-refractivity contribution in [3.05, 3.63) is 58.0 Å². The van der Waals surface area contributed by atoms with Crippen LogP contribution in [0.5, 0.6) is 5.75 Å². The van der Waals surface area contributed by atoms with Gasteiger partial charge in [0, 0.05) is 24.6 Å². The molecule has 0 radical (unpaired) electrons. The molecule has 0 unspecified atom stereocenters. The number of benzene rings is 2. The minimum Gasteiger partial charge on any atom is -0.497 e. The van der Waals surface area contributed by atoms with Gasteiger partial charge >= 0.3 is 0 Å². The van der Waals surface area contributed by atoms with Crippen molar-refractivity contribution < 1.29 is 9.53 Å². The first-order chi connectivity index (χ1) is 14.5. The zero-order chi connectivity index (χ0) is 21.3. The molecule has 30 heavy (non-hydrogen) atoms. The smallest absolute Gasteiger partial charge is 0.269 e. The van der Waals surface area contributed by atoms with Gasteiger partial charge in [-0.15, -0.1) is 0 Å². The Bertz CT molecular complexity index is 1050. The van der Waals surface area contributed by atoms with Gasteiger partial charge in [-0.05, 0) is 54.9 Å². The average molecular weight is 440 g/mol. The predicted octanol–water partition coefficient (Wildman–Crippen LogP) is 5.78. The van der Waals surface area contributed by atoms with Crippen molar-refractivity contribution in [3.63, 3.8) is 0 Å². The zero-order valence-corrected chi connectivity index (χ0v) is 19.3. The minimum atomic E-state index is 0.0361. The number of unbranched alkanes of at least 4 members (excludes halogenated alkanes) is 1. The van der Waals surface area contributed by atoms with E-state index in [-0.39, 0.29) is 5.91 Å². The quantitative estimate of drug-likeness (QED) is 0.553. The molecule has 7 heteroatoms. The van der Waals surface area contributed by atoms with Gasteiger partial charge < -0.3 is 9.64 Å². The number of carbonyl (C=O) groups is 1. The molecule has 0 atom stereocenters. The highest BCUT2D eigenvalue weighted by atomic mass is 32.2. The summed E-state index contributed by atoms with van der Waals surface area (Å²) >= 11 is 3.10. The molecule has 2 aromatic rings. The molecule has 0 saturated carbocycles. The summed E-state index contributed by atoms with van der Waals surface area (Å²) in [6, 6.07) is 14.1. The van der Waals surface area contributed by atoms with Gasteiger partial charge in [0.1, 0.15) is 10.7 Å². The van der Waals surface area contributed by atoms with Crippen molar-refractivity contribution in [3.8, 4) is 5.75 Å². The predicted molar refractivity (Wildman–Crippen MR) is 127 cm³/mol. The number of nitrogens with zero attached hydrogens (tertiary/aromatic N) is 3. The number of hydrogen-bond donors (Lipinski definition) is 0. The Morgan fingerprint density at radius 3 is 2.70 bits per heavy atom. The molecular weight excluding hydrogens is 414 g/mol. The Kier molecular flexibility index (Phi) is 6.11.